The summed E-state index contributed by atoms with van der Waals surface area (Å²) >= 11 is 0. The van der Waals surface area contributed by atoms with Gasteiger partial charge in [-0.2, -0.15) is 0 Å². The number of carbonyl (C=O) groups excluding carboxylic acids is 4. The highest BCUT2D eigenvalue weighted by molar-refractivity contribution is 5.88. The van der Waals surface area contributed by atoms with Crippen molar-refractivity contribution in [2.45, 2.75) is 102 Å². The lowest BCUT2D eigenvalue weighted by atomic mass is 9.90. The van der Waals surface area contributed by atoms with E-state index in [2.05, 4.69) is 10.6 Å². The summed E-state index contributed by atoms with van der Waals surface area (Å²) in [5.74, 6) is -0.288. The van der Waals surface area contributed by atoms with E-state index in [0.717, 1.165) is 44.8 Å². The van der Waals surface area contributed by atoms with Crippen LogP contribution in [0.1, 0.15) is 65.7 Å². The second-order valence-corrected chi connectivity index (χ2v) is 11.5. The highest BCUT2D eigenvalue weighted by atomic mass is 16.5. The Labute approximate surface area is 227 Å². The molecule has 9 unspecified atom stereocenters. The average molecular weight is 537 g/mol. The first kappa shape index (κ1) is 30.5. The van der Waals surface area contributed by atoms with Crippen molar-refractivity contribution in [2.75, 3.05) is 34.4 Å². The Morgan fingerprint density at radius 2 is 1.89 bits per heavy atom. The molecule has 1 saturated carbocycles. The van der Waals surface area contributed by atoms with E-state index in [1.165, 1.54) is 0 Å². The monoisotopic (exact) mass is 536 g/mol. The van der Waals surface area contributed by atoms with E-state index in [4.69, 9.17) is 9.47 Å². The highest BCUT2D eigenvalue weighted by Gasteiger charge is 2.43. The maximum Gasteiger partial charge on any atom is 0.242 e. The third-order valence-electron chi connectivity index (χ3n) is 9.19. The Bertz CT molecular complexity index is 840. The molecule has 1 aliphatic carbocycles. The number of methoxy groups -OCH3 is 2. The molecule has 10 heteroatoms. The molecule has 2 saturated heterocycles. The lowest BCUT2D eigenvalue weighted by Gasteiger charge is -2.39. The van der Waals surface area contributed by atoms with Gasteiger partial charge in [-0.05, 0) is 43.9 Å². The zero-order chi connectivity index (χ0) is 28.0. The van der Waals surface area contributed by atoms with Crippen LogP contribution in [-0.4, -0.2) is 105 Å². The molecule has 0 spiro atoms. The molecule has 2 aliphatic heterocycles. The molecule has 38 heavy (non-hydrogen) atoms. The lowest BCUT2D eigenvalue weighted by Crippen LogP contribution is -2.55. The molecule has 2 N–H and O–H groups in total. The number of fused-ring (bicyclic) bond motifs is 2. The van der Waals surface area contributed by atoms with Crippen molar-refractivity contribution in [1.29, 1.82) is 0 Å². The van der Waals surface area contributed by atoms with E-state index in [1.807, 2.05) is 25.7 Å². The van der Waals surface area contributed by atoms with Crippen LogP contribution in [0.15, 0.2) is 0 Å². The fraction of sp³-hybridized carbons (Fsp3) is 0.857. The topological polar surface area (TPSA) is 117 Å². The molecule has 2 heterocycles. The first-order valence-electron chi connectivity index (χ1n) is 14.3. The van der Waals surface area contributed by atoms with Gasteiger partial charge >= 0.3 is 0 Å². The van der Waals surface area contributed by atoms with Crippen LogP contribution in [0.5, 0.6) is 0 Å². The molecule has 9 atom stereocenters. The summed E-state index contributed by atoms with van der Waals surface area (Å²) in [6, 6.07) is -0.304. The summed E-state index contributed by atoms with van der Waals surface area (Å²) in [6.07, 6.45) is 5.75. The summed E-state index contributed by atoms with van der Waals surface area (Å²) in [6.45, 7) is 6.43. The van der Waals surface area contributed by atoms with E-state index in [9.17, 15) is 19.2 Å². The van der Waals surface area contributed by atoms with Crippen LogP contribution >= 0.6 is 0 Å². The van der Waals surface area contributed by atoms with E-state index >= 15 is 0 Å². The van der Waals surface area contributed by atoms with Gasteiger partial charge in [0, 0.05) is 39.8 Å². The molecule has 0 aromatic heterocycles. The molecular formula is C28H48N4O6. The largest absolute Gasteiger partial charge is 0.379 e. The second-order valence-electron chi connectivity index (χ2n) is 11.5. The third-order valence-corrected chi connectivity index (χ3v) is 9.19. The number of aldehydes is 1. The van der Waals surface area contributed by atoms with Crippen molar-refractivity contribution in [1.82, 2.24) is 20.4 Å². The molecule has 2 bridgehead atoms. The number of piperidine rings is 1. The van der Waals surface area contributed by atoms with Crippen molar-refractivity contribution in [3.8, 4) is 0 Å². The fourth-order valence-electron chi connectivity index (χ4n) is 6.83. The molecule has 0 aromatic rings. The standard InChI is InChI=1S/C28H48N4O6/c1-7-17(2)26(31(4)24(35)15-29-28(36)25-19-10-11-20(13-19)30-25)22(37-5)14-23(34)32-12-8-9-21(32)27(38-6)18(3)16-33/h16-22,25-27,30H,7-15H2,1-6H3,(H,29,36). The van der Waals surface area contributed by atoms with Crippen LogP contribution in [0.3, 0.4) is 0 Å². The average Bonchev–Trinajstić information content (AvgIpc) is 3.69. The van der Waals surface area contributed by atoms with Crippen LogP contribution in [0, 0.1) is 17.8 Å². The molecule has 3 rings (SSSR count). The number of nitrogens with zero attached hydrogens (tertiary/aromatic N) is 2. The number of rotatable bonds is 14. The first-order chi connectivity index (χ1) is 18.2. The van der Waals surface area contributed by atoms with E-state index in [0.29, 0.717) is 18.5 Å². The second kappa shape index (κ2) is 13.8. The zero-order valence-electron chi connectivity index (χ0n) is 24.0. The van der Waals surface area contributed by atoms with Crippen molar-refractivity contribution in [3.63, 3.8) is 0 Å². The zero-order valence-corrected chi connectivity index (χ0v) is 24.0. The number of hydrogen-bond acceptors (Lipinski definition) is 7. The van der Waals surface area contributed by atoms with Crippen LogP contribution in [0.2, 0.25) is 0 Å². The van der Waals surface area contributed by atoms with Crippen molar-refractivity contribution >= 4 is 24.0 Å². The summed E-state index contributed by atoms with van der Waals surface area (Å²) in [4.78, 5) is 54.4. The number of carbonyl (C=O) groups is 4. The van der Waals surface area contributed by atoms with Crippen LogP contribution < -0.4 is 10.6 Å². The predicted molar refractivity (Wildman–Crippen MR) is 143 cm³/mol. The summed E-state index contributed by atoms with van der Waals surface area (Å²) in [7, 11) is 4.88. The van der Waals surface area contributed by atoms with Gasteiger partial charge < -0.3 is 34.7 Å². The van der Waals surface area contributed by atoms with Gasteiger partial charge in [-0.15, -0.1) is 0 Å². The van der Waals surface area contributed by atoms with E-state index in [-0.39, 0.29) is 66.8 Å². The molecule has 0 aromatic carbocycles. The smallest absolute Gasteiger partial charge is 0.242 e. The molecule has 10 nitrogen and oxygen atoms in total. The quantitative estimate of drug-likeness (QED) is 0.322. The van der Waals surface area contributed by atoms with Crippen molar-refractivity contribution in [3.05, 3.63) is 0 Å². The van der Waals surface area contributed by atoms with Gasteiger partial charge in [-0.3, -0.25) is 14.4 Å². The first-order valence-corrected chi connectivity index (χ1v) is 14.3. The molecule has 3 aliphatic rings. The molecule has 216 valence electrons. The minimum absolute atomic E-state index is 0.0654. The van der Waals surface area contributed by atoms with Crippen molar-refractivity contribution in [2.24, 2.45) is 17.8 Å². The van der Waals surface area contributed by atoms with Crippen molar-refractivity contribution < 1.29 is 28.7 Å². The van der Waals surface area contributed by atoms with Gasteiger partial charge in [-0.1, -0.05) is 27.2 Å². The Morgan fingerprint density at radius 3 is 2.45 bits per heavy atom. The van der Waals surface area contributed by atoms with Gasteiger partial charge in [-0.25, -0.2) is 0 Å². The molecule has 3 amide bonds. The van der Waals surface area contributed by atoms with Gasteiger partial charge in [0.1, 0.15) is 6.29 Å². The highest BCUT2D eigenvalue weighted by Crippen LogP contribution is 2.35. The number of nitrogens with one attached hydrogen (secondary N) is 2. The Morgan fingerprint density at radius 1 is 1.16 bits per heavy atom. The Balaban J connectivity index is 1.64. The minimum atomic E-state index is -0.514. The van der Waals surface area contributed by atoms with Gasteiger partial charge in [0.2, 0.25) is 17.7 Å². The minimum Gasteiger partial charge on any atom is -0.379 e. The SMILES string of the molecule is CCC(C)C(C(CC(=O)N1CCCC1C(OC)C(C)C=O)OC)N(C)C(=O)CNC(=O)C1NC2CCC1C2. The number of amides is 3. The number of likely N-dealkylation sites (N-methyl/N-ethyl adjacent to an activating group) is 1. The predicted octanol–water partition coefficient (Wildman–Crippen LogP) is 1.36. The Kier molecular flexibility index (Phi) is 11.1. The van der Waals surface area contributed by atoms with Gasteiger partial charge in [0.05, 0.1) is 43.3 Å². The summed E-state index contributed by atoms with van der Waals surface area (Å²) < 4.78 is 11.5. The maximum absolute atomic E-state index is 13.5. The van der Waals surface area contributed by atoms with Gasteiger partial charge in [0.25, 0.3) is 0 Å². The number of hydrogen-bond donors (Lipinski definition) is 2. The fourth-order valence-corrected chi connectivity index (χ4v) is 6.83. The molecule has 3 fully saturated rings. The van der Waals surface area contributed by atoms with Crippen LogP contribution in [0.4, 0.5) is 0 Å². The van der Waals surface area contributed by atoms with E-state index in [1.54, 1.807) is 26.2 Å². The Hall–Kier alpha value is -2.04. The third kappa shape index (κ3) is 6.74. The maximum atomic E-state index is 13.5. The normalized spacial score (nSPS) is 28.4. The van der Waals surface area contributed by atoms with E-state index < -0.39 is 6.10 Å². The lowest BCUT2D eigenvalue weighted by molar-refractivity contribution is -0.144. The van der Waals surface area contributed by atoms with Crippen LogP contribution in [-0.2, 0) is 28.7 Å². The van der Waals surface area contributed by atoms with Gasteiger partial charge in [0.15, 0.2) is 0 Å². The van der Waals surface area contributed by atoms with Crippen LogP contribution in [0.25, 0.3) is 0 Å². The molecule has 0 radical (unpaired) electrons. The number of likely N-dealkylation sites (tertiary alicyclic amines) is 1. The number of ether oxygens (including phenoxy) is 2. The summed E-state index contributed by atoms with van der Waals surface area (Å²) in [5.41, 5.74) is 0. The summed E-state index contributed by atoms with van der Waals surface area (Å²) in [5, 5.41) is 6.20. The molecular weight excluding hydrogens is 488 g/mol.